The molecule has 0 radical (unpaired) electrons. The quantitative estimate of drug-likeness (QED) is 0.351. The predicted octanol–water partition coefficient (Wildman–Crippen LogP) is 3.12. The minimum atomic E-state index is -3.34. The first kappa shape index (κ1) is 24.2. The van der Waals surface area contributed by atoms with Crippen LogP contribution in [0.5, 0.6) is 11.5 Å². The lowest BCUT2D eigenvalue weighted by molar-refractivity contribution is 0.472. The lowest BCUT2D eigenvalue weighted by atomic mass is 10.1. The Labute approximate surface area is 211 Å². The topological polar surface area (TPSA) is 129 Å². The van der Waals surface area contributed by atoms with Crippen molar-refractivity contribution in [2.24, 2.45) is 7.05 Å². The molecular formula is C26H23N5O5S. The molecule has 0 aliphatic rings. The first-order valence-corrected chi connectivity index (χ1v) is 13.1. The van der Waals surface area contributed by atoms with Gasteiger partial charge in [0.25, 0.3) is 5.56 Å². The number of fused-ring (bicyclic) bond motifs is 1. The molecule has 0 aliphatic carbocycles. The fraction of sp³-hybridized carbons (Fsp3) is 0.154. The number of ether oxygens (including phenoxy) is 1. The van der Waals surface area contributed by atoms with Crippen LogP contribution in [0.4, 0.5) is 0 Å². The number of sulfone groups is 1. The Hall–Kier alpha value is -4.51. The summed E-state index contributed by atoms with van der Waals surface area (Å²) in [5.41, 5.74) is 1.79. The maximum atomic E-state index is 12.7. The molecule has 0 aliphatic heterocycles. The van der Waals surface area contributed by atoms with E-state index in [0.717, 1.165) is 4.57 Å². The standard InChI is InChI=1S/C26H23N5O5S/c1-3-37(34,35)19-9-7-18(8-10-19)36-23-15-22-21(28-25(29-22)20-6-4-5-12-27-20)14-17(23)16-31-13-11-24(32)30(2)26(31)33/h4-15H,3,16H2,1-2H3,(H,28,29). The van der Waals surface area contributed by atoms with Crippen LogP contribution in [0.25, 0.3) is 22.6 Å². The number of imidazole rings is 1. The molecule has 0 unspecified atom stereocenters. The summed E-state index contributed by atoms with van der Waals surface area (Å²) in [5.74, 6) is 1.43. The number of pyridine rings is 1. The molecule has 0 saturated carbocycles. The molecule has 5 rings (SSSR count). The normalized spacial score (nSPS) is 11.6. The summed E-state index contributed by atoms with van der Waals surface area (Å²) in [6, 6.07) is 16.6. The second-order valence-corrected chi connectivity index (χ2v) is 10.7. The zero-order valence-electron chi connectivity index (χ0n) is 20.1. The van der Waals surface area contributed by atoms with Crippen molar-refractivity contribution in [2.75, 3.05) is 5.75 Å². The van der Waals surface area contributed by atoms with Gasteiger partial charge in [0.2, 0.25) is 0 Å². The van der Waals surface area contributed by atoms with Gasteiger partial charge in [-0.15, -0.1) is 0 Å². The number of aromatic amines is 1. The van der Waals surface area contributed by atoms with E-state index in [0.29, 0.717) is 39.6 Å². The highest BCUT2D eigenvalue weighted by Gasteiger charge is 2.16. The largest absolute Gasteiger partial charge is 0.457 e. The Morgan fingerprint density at radius 3 is 2.51 bits per heavy atom. The Kier molecular flexibility index (Phi) is 6.22. The Morgan fingerprint density at radius 2 is 1.81 bits per heavy atom. The van der Waals surface area contributed by atoms with Crippen LogP contribution in [0, 0.1) is 0 Å². The van der Waals surface area contributed by atoms with Gasteiger partial charge < -0.3 is 9.72 Å². The van der Waals surface area contributed by atoms with E-state index in [2.05, 4.69) is 15.0 Å². The number of rotatable bonds is 7. The number of aromatic nitrogens is 5. The van der Waals surface area contributed by atoms with Crippen LogP contribution in [-0.4, -0.2) is 38.3 Å². The summed E-state index contributed by atoms with van der Waals surface area (Å²) in [7, 11) is -1.92. The van der Waals surface area contributed by atoms with Crippen molar-refractivity contribution in [3.63, 3.8) is 0 Å². The number of hydrogen-bond acceptors (Lipinski definition) is 7. The molecule has 0 amide bonds. The third-order valence-corrected chi connectivity index (χ3v) is 7.71. The maximum Gasteiger partial charge on any atom is 0.331 e. The second kappa shape index (κ2) is 9.51. The van der Waals surface area contributed by atoms with E-state index < -0.39 is 21.1 Å². The van der Waals surface area contributed by atoms with Crippen LogP contribution in [0.3, 0.4) is 0 Å². The number of nitrogens with one attached hydrogen (secondary N) is 1. The van der Waals surface area contributed by atoms with Crippen LogP contribution < -0.4 is 16.0 Å². The highest BCUT2D eigenvalue weighted by molar-refractivity contribution is 7.91. The molecular weight excluding hydrogens is 494 g/mol. The molecule has 1 N–H and O–H groups in total. The van der Waals surface area contributed by atoms with Gasteiger partial charge >= 0.3 is 5.69 Å². The van der Waals surface area contributed by atoms with E-state index in [-0.39, 0.29) is 17.2 Å². The summed E-state index contributed by atoms with van der Waals surface area (Å²) in [6.07, 6.45) is 3.12. The van der Waals surface area contributed by atoms with Gasteiger partial charge in [-0.3, -0.25) is 18.9 Å². The summed E-state index contributed by atoms with van der Waals surface area (Å²) < 4.78 is 32.9. The van der Waals surface area contributed by atoms with Crippen molar-refractivity contribution in [1.82, 2.24) is 24.1 Å². The molecule has 0 atom stereocenters. The number of benzene rings is 2. The van der Waals surface area contributed by atoms with Gasteiger partial charge in [0.1, 0.15) is 17.2 Å². The zero-order valence-corrected chi connectivity index (χ0v) is 20.9. The molecule has 3 aromatic heterocycles. The van der Waals surface area contributed by atoms with Crippen LogP contribution in [-0.2, 0) is 23.4 Å². The monoisotopic (exact) mass is 517 g/mol. The predicted molar refractivity (Wildman–Crippen MR) is 139 cm³/mol. The van der Waals surface area contributed by atoms with E-state index in [1.165, 1.54) is 36.0 Å². The van der Waals surface area contributed by atoms with Crippen LogP contribution in [0.2, 0.25) is 0 Å². The molecule has 188 valence electrons. The number of nitrogens with zero attached hydrogens (tertiary/aromatic N) is 4. The molecule has 5 aromatic rings. The summed E-state index contributed by atoms with van der Waals surface area (Å²) in [6.45, 7) is 1.71. The average Bonchev–Trinajstić information content (AvgIpc) is 3.33. The Morgan fingerprint density at radius 1 is 1.03 bits per heavy atom. The van der Waals surface area contributed by atoms with Gasteiger partial charge in [-0.2, -0.15) is 0 Å². The molecule has 2 aromatic carbocycles. The van der Waals surface area contributed by atoms with E-state index in [9.17, 15) is 18.0 Å². The lowest BCUT2D eigenvalue weighted by Gasteiger charge is -2.14. The summed E-state index contributed by atoms with van der Waals surface area (Å²) in [4.78, 5) is 37.0. The van der Waals surface area contributed by atoms with Crippen molar-refractivity contribution in [3.8, 4) is 23.0 Å². The first-order chi connectivity index (χ1) is 17.7. The maximum absolute atomic E-state index is 12.7. The van der Waals surface area contributed by atoms with Gasteiger partial charge in [-0.1, -0.05) is 13.0 Å². The third kappa shape index (κ3) is 4.81. The van der Waals surface area contributed by atoms with Gasteiger partial charge in [0.15, 0.2) is 15.7 Å². The van der Waals surface area contributed by atoms with Crippen molar-refractivity contribution in [1.29, 1.82) is 0 Å². The molecule has 0 bridgehead atoms. The third-order valence-electron chi connectivity index (χ3n) is 5.96. The highest BCUT2D eigenvalue weighted by atomic mass is 32.2. The number of H-pyrrole nitrogens is 1. The molecule has 0 fully saturated rings. The van der Waals surface area contributed by atoms with E-state index >= 15 is 0 Å². The first-order valence-electron chi connectivity index (χ1n) is 11.5. The van der Waals surface area contributed by atoms with Crippen LogP contribution in [0.1, 0.15) is 12.5 Å². The van der Waals surface area contributed by atoms with E-state index in [1.807, 2.05) is 24.3 Å². The van der Waals surface area contributed by atoms with Crippen molar-refractivity contribution < 1.29 is 13.2 Å². The average molecular weight is 518 g/mol. The molecule has 0 saturated heterocycles. The van der Waals surface area contributed by atoms with E-state index in [4.69, 9.17) is 4.74 Å². The zero-order chi connectivity index (χ0) is 26.2. The Bertz CT molecular complexity index is 1820. The van der Waals surface area contributed by atoms with Crippen molar-refractivity contribution in [2.45, 2.75) is 18.4 Å². The van der Waals surface area contributed by atoms with Gasteiger partial charge in [-0.25, -0.2) is 18.2 Å². The molecule has 37 heavy (non-hydrogen) atoms. The number of hydrogen-bond donors (Lipinski definition) is 1. The molecule has 11 heteroatoms. The summed E-state index contributed by atoms with van der Waals surface area (Å²) >= 11 is 0. The fourth-order valence-electron chi connectivity index (χ4n) is 3.85. The second-order valence-electron chi connectivity index (χ2n) is 8.38. The van der Waals surface area contributed by atoms with Crippen molar-refractivity contribution in [3.05, 3.63) is 99.5 Å². The molecule has 10 nitrogen and oxygen atoms in total. The molecule has 3 heterocycles. The van der Waals surface area contributed by atoms with Crippen LogP contribution >= 0.6 is 0 Å². The Balaban J connectivity index is 1.59. The van der Waals surface area contributed by atoms with Gasteiger partial charge in [-0.05, 0) is 42.5 Å². The van der Waals surface area contributed by atoms with Crippen molar-refractivity contribution >= 4 is 20.9 Å². The highest BCUT2D eigenvalue weighted by Crippen LogP contribution is 2.31. The lowest BCUT2D eigenvalue weighted by Crippen LogP contribution is -2.37. The smallest absolute Gasteiger partial charge is 0.331 e. The minimum Gasteiger partial charge on any atom is -0.457 e. The van der Waals surface area contributed by atoms with Gasteiger partial charge in [0, 0.05) is 37.1 Å². The van der Waals surface area contributed by atoms with Gasteiger partial charge in [0.05, 0.1) is 28.2 Å². The van der Waals surface area contributed by atoms with E-state index in [1.54, 1.807) is 31.3 Å². The summed E-state index contributed by atoms with van der Waals surface area (Å²) in [5, 5.41) is 0. The SMILES string of the molecule is CCS(=O)(=O)c1ccc(Oc2cc3nc(-c4ccccn4)[nH]c3cc2Cn2ccc(=O)n(C)c2=O)cc1. The fourth-order valence-corrected chi connectivity index (χ4v) is 4.74. The molecule has 0 spiro atoms. The minimum absolute atomic E-state index is 0.000112. The van der Waals surface area contributed by atoms with Crippen LogP contribution in [0.15, 0.2) is 87.5 Å².